The van der Waals surface area contributed by atoms with Crippen LogP contribution < -0.4 is 4.90 Å². The number of carbonyl (C=O) groups excluding carboxylic acids is 1. The van der Waals surface area contributed by atoms with Gasteiger partial charge in [0.25, 0.3) is 0 Å². The molecule has 1 aliphatic heterocycles. The monoisotopic (exact) mass is 411 g/mol. The van der Waals surface area contributed by atoms with E-state index in [0.29, 0.717) is 19.6 Å². The van der Waals surface area contributed by atoms with Crippen molar-refractivity contribution in [1.29, 1.82) is 5.26 Å². The van der Waals surface area contributed by atoms with E-state index >= 15 is 0 Å². The molecule has 6 heteroatoms. The van der Waals surface area contributed by atoms with Crippen molar-refractivity contribution in [2.75, 3.05) is 24.5 Å². The van der Waals surface area contributed by atoms with Crippen LogP contribution in [0.25, 0.3) is 22.0 Å². The molecular weight excluding hydrogens is 386 g/mol. The standard InChI is InChI=1S/C25H25N5O/c1-4-24(31)30-12-11-29(15-20(30)9-10-26)25-22-13-18(3)21(14-23(22)27-16-28-25)19-7-5-17(2)6-8-19/h4-8,13-14,16,20H,1,9,11-12,15H2,2-3H3. The van der Waals surface area contributed by atoms with E-state index in [1.54, 1.807) is 11.2 Å². The van der Waals surface area contributed by atoms with Crippen molar-refractivity contribution in [2.45, 2.75) is 26.3 Å². The van der Waals surface area contributed by atoms with Gasteiger partial charge in [0.05, 0.1) is 24.0 Å². The number of rotatable bonds is 4. The van der Waals surface area contributed by atoms with Crippen LogP contribution in [0, 0.1) is 25.2 Å². The second kappa shape index (κ2) is 8.57. The lowest BCUT2D eigenvalue weighted by molar-refractivity contribution is -0.128. The van der Waals surface area contributed by atoms with Gasteiger partial charge in [-0.1, -0.05) is 36.4 Å². The first-order valence-electron chi connectivity index (χ1n) is 10.4. The summed E-state index contributed by atoms with van der Waals surface area (Å²) in [6, 6.07) is 14.8. The van der Waals surface area contributed by atoms with Gasteiger partial charge >= 0.3 is 0 Å². The number of anilines is 1. The Morgan fingerprint density at radius 2 is 2.00 bits per heavy atom. The van der Waals surface area contributed by atoms with Gasteiger partial charge < -0.3 is 9.80 Å². The minimum atomic E-state index is -0.192. The topological polar surface area (TPSA) is 73.1 Å². The lowest BCUT2D eigenvalue weighted by Crippen LogP contribution is -2.55. The number of nitrogens with zero attached hydrogens (tertiary/aromatic N) is 5. The first-order valence-corrected chi connectivity index (χ1v) is 10.4. The van der Waals surface area contributed by atoms with Gasteiger partial charge in [-0.15, -0.1) is 0 Å². The van der Waals surface area contributed by atoms with E-state index in [1.165, 1.54) is 11.6 Å². The Hall–Kier alpha value is -3.72. The zero-order chi connectivity index (χ0) is 22.0. The van der Waals surface area contributed by atoms with Crippen LogP contribution in [-0.4, -0.2) is 46.5 Å². The summed E-state index contributed by atoms with van der Waals surface area (Å²) in [4.78, 5) is 25.2. The first-order chi connectivity index (χ1) is 15.0. The molecule has 4 rings (SSSR count). The number of aromatic nitrogens is 2. The van der Waals surface area contributed by atoms with E-state index in [0.717, 1.165) is 33.4 Å². The average Bonchev–Trinajstić information content (AvgIpc) is 2.78. The molecule has 1 aromatic heterocycles. The number of fused-ring (bicyclic) bond motifs is 1. The summed E-state index contributed by atoms with van der Waals surface area (Å²) in [7, 11) is 0. The van der Waals surface area contributed by atoms with Crippen LogP contribution in [0.1, 0.15) is 17.5 Å². The molecule has 1 aliphatic rings. The molecule has 0 N–H and O–H groups in total. The van der Waals surface area contributed by atoms with Crippen molar-refractivity contribution in [2.24, 2.45) is 0 Å². The minimum Gasteiger partial charge on any atom is -0.352 e. The van der Waals surface area contributed by atoms with Crippen molar-refractivity contribution in [3.05, 3.63) is 66.5 Å². The summed E-state index contributed by atoms with van der Waals surface area (Å²) in [5, 5.41) is 10.2. The maximum atomic E-state index is 12.2. The molecule has 0 radical (unpaired) electrons. The van der Waals surface area contributed by atoms with Gasteiger partial charge in [-0.25, -0.2) is 9.97 Å². The molecule has 1 unspecified atom stereocenters. The fourth-order valence-electron chi connectivity index (χ4n) is 4.23. The Balaban J connectivity index is 1.71. The predicted molar refractivity (Wildman–Crippen MR) is 123 cm³/mol. The number of amides is 1. The van der Waals surface area contributed by atoms with Crippen molar-refractivity contribution in [3.8, 4) is 17.2 Å². The number of benzene rings is 2. The summed E-state index contributed by atoms with van der Waals surface area (Å²) in [6.07, 6.45) is 3.18. The molecule has 6 nitrogen and oxygen atoms in total. The van der Waals surface area contributed by atoms with Crippen LogP contribution in [-0.2, 0) is 4.79 Å². The Morgan fingerprint density at radius 3 is 2.71 bits per heavy atom. The zero-order valence-corrected chi connectivity index (χ0v) is 17.9. The predicted octanol–water partition coefficient (Wildman–Crippen LogP) is 4.03. The molecule has 1 amide bonds. The van der Waals surface area contributed by atoms with Gasteiger partial charge in [0, 0.05) is 25.0 Å². The Labute approximate surface area is 182 Å². The van der Waals surface area contributed by atoms with E-state index in [2.05, 4.69) is 77.8 Å². The lowest BCUT2D eigenvalue weighted by atomic mass is 9.97. The molecule has 0 bridgehead atoms. The number of hydrogen-bond donors (Lipinski definition) is 0. The van der Waals surface area contributed by atoms with E-state index in [-0.39, 0.29) is 18.4 Å². The van der Waals surface area contributed by atoms with E-state index < -0.39 is 0 Å². The third-order valence-electron chi connectivity index (χ3n) is 5.89. The van der Waals surface area contributed by atoms with Crippen molar-refractivity contribution in [1.82, 2.24) is 14.9 Å². The van der Waals surface area contributed by atoms with Gasteiger partial charge in [-0.3, -0.25) is 4.79 Å². The van der Waals surface area contributed by atoms with E-state index in [4.69, 9.17) is 0 Å². The summed E-state index contributed by atoms with van der Waals surface area (Å²) in [5.41, 5.74) is 5.58. The number of nitriles is 1. The average molecular weight is 412 g/mol. The molecule has 1 atom stereocenters. The van der Waals surface area contributed by atoms with E-state index in [9.17, 15) is 10.1 Å². The second-order valence-electron chi connectivity index (χ2n) is 7.95. The summed E-state index contributed by atoms with van der Waals surface area (Å²) < 4.78 is 0. The highest BCUT2D eigenvalue weighted by atomic mass is 16.2. The van der Waals surface area contributed by atoms with Crippen LogP contribution in [0.3, 0.4) is 0 Å². The van der Waals surface area contributed by atoms with Gasteiger partial charge in [0.1, 0.15) is 12.1 Å². The maximum Gasteiger partial charge on any atom is 0.246 e. The van der Waals surface area contributed by atoms with Crippen LogP contribution in [0.4, 0.5) is 5.82 Å². The SMILES string of the molecule is C=CC(=O)N1CCN(c2ncnc3cc(-c4ccc(C)cc4)c(C)cc23)CC1CC#N. The van der Waals surface area contributed by atoms with Crippen molar-refractivity contribution >= 4 is 22.6 Å². The van der Waals surface area contributed by atoms with E-state index in [1.807, 2.05) is 0 Å². The largest absolute Gasteiger partial charge is 0.352 e. The Kier molecular flexibility index (Phi) is 5.68. The fourth-order valence-corrected chi connectivity index (χ4v) is 4.23. The van der Waals surface area contributed by atoms with Crippen LogP contribution >= 0.6 is 0 Å². The third-order valence-corrected chi connectivity index (χ3v) is 5.89. The van der Waals surface area contributed by atoms with Gasteiger partial charge in [-0.2, -0.15) is 5.26 Å². The van der Waals surface area contributed by atoms with Crippen LogP contribution in [0.15, 0.2) is 55.4 Å². The molecule has 0 saturated carbocycles. The highest BCUT2D eigenvalue weighted by Gasteiger charge is 2.30. The Bertz CT molecular complexity index is 1180. The molecule has 1 saturated heterocycles. The van der Waals surface area contributed by atoms with Gasteiger partial charge in [-0.05, 0) is 48.7 Å². The quantitative estimate of drug-likeness (QED) is 0.606. The summed E-state index contributed by atoms with van der Waals surface area (Å²) in [5.74, 6) is 0.711. The number of carbonyl (C=O) groups is 1. The fraction of sp³-hybridized carbons (Fsp3) is 0.280. The first kappa shape index (κ1) is 20.5. The molecule has 31 heavy (non-hydrogen) atoms. The van der Waals surface area contributed by atoms with Crippen molar-refractivity contribution in [3.63, 3.8) is 0 Å². The molecular formula is C25H25N5O. The molecule has 0 aliphatic carbocycles. The molecule has 2 heterocycles. The second-order valence-corrected chi connectivity index (χ2v) is 7.95. The summed E-state index contributed by atoms with van der Waals surface area (Å²) >= 11 is 0. The molecule has 3 aromatic rings. The van der Waals surface area contributed by atoms with Gasteiger partial charge in [0.15, 0.2) is 0 Å². The Morgan fingerprint density at radius 1 is 1.23 bits per heavy atom. The maximum absolute atomic E-state index is 12.2. The third kappa shape index (κ3) is 3.99. The van der Waals surface area contributed by atoms with Crippen LogP contribution in [0.5, 0.6) is 0 Å². The lowest BCUT2D eigenvalue weighted by Gasteiger charge is -2.41. The van der Waals surface area contributed by atoms with Gasteiger partial charge in [0.2, 0.25) is 5.91 Å². The summed E-state index contributed by atoms with van der Waals surface area (Å²) in [6.45, 7) is 9.50. The normalized spacial score (nSPS) is 16.2. The van der Waals surface area contributed by atoms with Crippen LogP contribution in [0.2, 0.25) is 0 Å². The zero-order valence-electron chi connectivity index (χ0n) is 17.9. The minimum absolute atomic E-state index is 0.133. The molecule has 156 valence electrons. The number of piperazine rings is 1. The van der Waals surface area contributed by atoms with Crippen molar-refractivity contribution < 1.29 is 4.79 Å². The molecule has 0 spiro atoms. The molecule has 1 fully saturated rings. The number of hydrogen-bond acceptors (Lipinski definition) is 5. The highest BCUT2D eigenvalue weighted by Crippen LogP contribution is 2.32. The number of aryl methyl sites for hydroxylation is 2. The molecule has 2 aromatic carbocycles. The highest BCUT2D eigenvalue weighted by molar-refractivity contribution is 5.94. The smallest absolute Gasteiger partial charge is 0.246 e.